The highest BCUT2D eigenvalue weighted by molar-refractivity contribution is 7.89. The number of carboxylic acid groups (broad SMARTS) is 1. The predicted molar refractivity (Wildman–Crippen MR) is 91.1 cm³/mol. The van der Waals surface area contributed by atoms with Gasteiger partial charge in [-0.25, -0.2) is 27.5 Å². The number of benzene rings is 1. The summed E-state index contributed by atoms with van der Waals surface area (Å²) in [7, 11) is -0.459. The Labute approximate surface area is 145 Å². The maximum atomic E-state index is 12.5. The van der Waals surface area contributed by atoms with Gasteiger partial charge in [-0.1, -0.05) is 12.1 Å². The molecule has 132 valence electrons. The standard InChI is InChI=1S/C16H18N4O4S/c1-19(2)25(23,24)14-5-3-4-11-10-20(7-6-12(11)14)15-9-17-13(8-18-15)16(21)22/h3-5,8-9H,6-7,10H2,1-2H3,(H,21,22). The van der Waals surface area contributed by atoms with E-state index in [0.29, 0.717) is 30.2 Å². The number of carboxylic acids is 1. The summed E-state index contributed by atoms with van der Waals surface area (Å²) < 4.78 is 26.2. The number of hydrogen-bond donors (Lipinski definition) is 1. The molecule has 9 heteroatoms. The van der Waals surface area contributed by atoms with Crippen molar-refractivity contribution in [3.8, 4) is 0 Å². The number of anilines is 1. The number of rotatable bonds is 4. The monoisotopic (exact) mass is 362 g/mol. The van der Waals surface area contributed by atoms with Gasteiger partial charge in [0, 0.05) is 27.2 Å². The molecule has 0 saturated carbocycles. The van der Waals surface area contributed by atoms with Gasteiger partial charge in [0.05, 0.1) is 17.3 Å². The van der Waals surface area contributed by atoms with Crippen molar-refractivity contribution in [2.24, 2.45) is 0 Å². The number of fused-ring (bicyclic) bond motifs is 1. The van der Waals surface area contributed by atoms with Crippen LogP contribution >= 0.6 is 0 Å². The van der Waals surface area contributed by atoms with Crippen LogP contribution in [0.4, 0.5) is 5.82 Å². The zero-order chi connectivity index (χ0) is 18.2. The van der Waals surface area contributed by atoms with Crippen molar-refractivity contribution in [2.45, 2.75) is 17.9 Å². The van der Waals surface area contributed by atoms with E-state index in [1.807, 2.05) is 11.0 Å². The van der Waals surface area contributed by atoms with Gasteiger partial charge < -0.3 is 10.0 Å². The maximum Gasteiger partial charge on any atom is 0.356 e. The van der Waals surface area contributed by atoms with Crippen LogP contribution < -0.4 is 4.90 Å². The molecule has 0 aliphatic carbocycles. The molecular formula is C16H18N4O4S. The van der Waals surface area contributed by atoms with Gasteiger partial charge in [0.25, 0.3) is 0 Å². The van der Waals surface area contributed by atoms with Gasteiger partial charge >= 0.3 is 5.97 Å². The van der Waals surface area contributed by atoms with Crippen LogP contribution in [-0.2, 0) is 23.0 Å². The van der Waals surface area contributed by atoms with Crippen molar-refractivity contribution in [1.29, 1.82) is 0 Å². The smallest absolute Gasteiger partial charge is 0.356 e. The molecule has 1 N–H and O–H groups in total. The van der Waals surface area contributed by atoms with E-state index in [1.165, 1.54) is 30.8 Å². The van der Waals surface area contributed by atoms with Crippen molar-refractivity contribution in [3.05, 3.63) is 47.4 Å². The van der Waals surface area contributed by atoms with E-state index in [2.05, 4.69) is 9.97 Å². The van der Waals surface area contributed by atoms with Crippen LogP contribution in [0.1, 0.15) is 21.6 Å². The molecule has 3 rings (SSSR count). The topological polar surface area (TPSA) is 104 Å². The zero-order valence-corrected chi connectivity index (χ0v) is 14.7. The second-order valence-electron chi connectivity index (χ2n) is 5.92. The number of aromatic nitrogens is 2. The number of nitrogens with zero attached hydrogens (tertiary/aromatic N) is 4. The lowest BCUT2D eigenvalue weighted by atomic mass is 10.00. The number of sulfonamides is 1. The minimum Gasteiger partial charge on any atom is -0.476 e. The largest absolute Gasteiger partial charge is 0.476 e. The molecule has 25 heavy (non-hydrogen) atoms. The van der Waals surface area contributed by atoms with Crippen LogP contribution in [-0.4, -0.2) is 54.4 Å². The Bertz CT molecular complexity index is 910. The van der Waals surface area contributed by atoms with Gasteiger partial charge in [-0.15, -0.1) is 0 Å². The van der Waals surface area contributed by atoms with Gasteiger partial charge in [0.1, 0.15) is 5.82 Å². The molecule has 0 atom stereocenters. The molecule has 0 fully saturated rings. The van der Waals surface area contributed by atoms with E-state index in [0.717, 1.165) is 11.1 Å². The molecule has 0 unspecified atom stereocenters. The average Bonchev–Trinajstić information content (AvgIpc) is 2.60. The van der Waals surface area contributed by atoms with E-state index >= 15 is 0 Å². The lowest BCUT2D eigenvalue weighted by molar-refractivity contribution is 0.0690. The molecule has 0 radical (unpaired) electrons. The Morgan fingerprint density at radius 2 is 2.00 bits per heavy atom. The molecule has 2 aromatic rings. The first kappa shape index (κ1) is 17.3. The van der Waals surface area contributed by atoms with E-state index in [4.69, 9.17) is 5.11 Å². The van der Waals surface area contributed by atoms with Crippen LogP contribution in [0.2, 0.25) is 0 Å². The van der Waals surface area contributed by atoms with Crippen molar-refractivity contribution in [1.82, 2.24) is 14.3 Å². The Kier molecular flexibility index (Phi) is 4.44. The SMILES string of the molecule is CN(C)S(=O)(=O)c1cccc2c1CCN(c1cnc(C(=O)O)cn1)C2. The summed E-state index contributed by atoms with van der Waals surface area (Å²) in [4.78, 5) is 21.2. The Hall–Kier alpha value is -2.52. The lowest BCUT2D eigenvalue weighted by Gasteiger charge is -2.31. The van der Waals surface area contributed by atoms with Crippen LogP contribution in [0.3, 0.4) is 0 Å². The second kappa shape index (κ2) is 6.41. The van der Waals surface area contributed by atoms with Gasteiger partial charge in [-0.3, -0.25) is 0 Å². The first-order valence-electron chi connectivity index (χ1n) is 7.64. The molecule has 0 saturated heterocycles. The highest BCUT2D eigenvalue weighted by Crippen LogP contribution is 2.28. The van der Waals surface area contributed by atoms with Crippen LogP contribution in [0.5, 0.6) is 0 Å². The van der Waals surface area contributed by atoms with Crippen molar-refractivity contribution in [2.75, 3.05) is 25.5 Å². The van der Waals surface area contributed by atoms with Crippen molar-refractivity contribution in [3.63, 3.8) is 0 Å². The molecule has 1 aliphatic heterocycles. The summed E-state index contributed by atoms with van der Waals surface area (Å²) >= 11 is 0. The van der Waals surface area contributed by atoms with E-state index < -0.39 is 16.0 Å². The lowest BCUT2D eigenvalue weighted by Crippen LogP contribution is -2.33. The van der Waals surface area contributed by atoms with Gasteiger partial charge in [-0.05, 0) is 23.6 Å². The number of aromatic carboxylic acids is 1. The normalized spacial score (nSPS) is 14.4. The second-order valence-corrected chi connectivity index (χ2v) is 8.04. The molecule has 0 bridgehead atoms. The molecule has 8 nitrogen and oxygen atoms in total. The van der Waals surface area contributed by atoms with E-state index in [1.54, 1.807) is 12.1 Å². The van der Waals surface area contributed by atoms with Crippen molar-refractivity contribution < 1.29 is 18.3 Å². The molecule has 0 spiro atoms. The first-order chi connectivity index (χ1) is 11.8. The average molecular weight is 362 g/mol. The van der Waals surface area contributed by atoms with E-state index in [9.17, 15) is 13.2 Å². The van der Waals surface area contributed by atoms with Gasteiger partial charge in [0.2, 0.25) is 10.0 Å². The third kappa shape index (κ3) is 3.20. The minimum absolute atomic E-state index is 0.111. The summed E-state index contributed by atoms with van der Waals surface area (Å²) in [6.07, 6.45) is 3.20. The first-order valence-corrected chi connectivity index (χ1v) is 9.08. The Balaban J connectivity index is 1.91. The van der Waals surface area contributed by atoms with Crippen LogP contribution in [0.25, 0.3) is 0 Å². The maximum absolute atomic E-state index is 12.5. The summed E-state index contributed by atoms with van der Waals surface area (Å²) in [6, 6.07) is 5.26. The molecule has 0 amide bonds. The molecule has 1 aromatic heterocycles. The van der Waals surface area contributed by atoms with Gasteiger partial charge in [-0.2, -0.15) is 0 Å². The highest BCUT2D eigenvalue weighted by Gasteiger charge is 2.26. The molecular weight excluding hydrogens is 344 g/mol. The minimum atomic E-state index is -3.49. The van der Waals surface area contributed by atoms with Gasteiger partial charge in [0.15, 0.2) is 5.69 Å². The molecule has 2 heterocycles. The summed E-state index contributed by atoms with van der Waals surface area (Å²) in [6.45, 7) is 1.07. The fourth-order valence-corrected chi connectivity index (χ4v) is 3.99. The molecule has 1 aromatic carbocycles. The third-order valence-corrected chi connectivity index (χ3v) is 6.06. The Morgan fingerprint density at radius 3 is 2.60 bits per heavy atom. The van der Waals surface area contributed by atoms with Crippen molar-refractivity contribution >= 4 is 21.8 Å². The zero-order valence-electron chi connectivity index (χ0n) is 13.9. The summed E-state index contributed by atoms with van der Waals surface area (Å²) in [5.74, 6) is -0.557. The van der Waals surface area contributed by atoms with Crippen LogP contribution in [0.15, 0.2) is 35.5 Å². The molecule has 1 aliphatic rings. The fraction of sp³-hybridized carbons (Fsp3) is 0.312. The summed E-state index contributed by atoms with van der Waals surface area (Å²) in [5.41, 5.74) is 1.63. The van der Waals surface area contributed by atoms with E-state index in [-0.39, 0.29) is 5.69 Å². The predicted octanol–water partition coefficient (Wildman–Crippen LogP) is 0.988. The number of carbonyl (C=O) groups is 1. The summed E-state index contributed by atoms with van der Waals surface area (Å²) in [5, 5.41) is 8.89. The fourth-order valence-electron chi connectivity index (χ4n) is 2.80. The quantitative estimate of drug-likeness (QED) is 0.865. The Morgan fingerprint density at radius 1 is 1.24 bits per heavy atom. The third-order valence-electron chi connectivity index (χ3n) is 4.16. The van der Waals surface area contributed by atoms with Crippen LogP contribution in [0, 0.1) is 0 Å². The number of hydrogen-bond acceptors (Lipinski definition) is 6. The highest BCUT2D eigenvalue weighted by atomic mass is 32.2.